The third-order valence-corrected chi connectivity index (χ3v) is 5.47. The molecule has 1 aliphatic heterocycles. The molecule has 3 aromatic heterocycles. The van der Waals surface area contributed by atoms with Crippen molar-refractivity contribution in [3.63, 3.8) is 0 Å². The van der Waals surface area contributed by atoms with E-state index in [1.807, 2.05) is 0 Å². The van der Waals surface area contributed by atoms with Gasteiger partial charge in [0.05, 0.1) is 11.8 Å². The van der Waals surface area contributed by atoms with Crippen LogP contribution in [-0.2, 0) is 15.8 Å². The number of aromatic nitrogens is 3. The van der Waals surface area contributed by atoms with Crippen molar-refractivity contribution >= 4 is 29.1 Å². The molecule has 32 heavy (non-hydrogen) atoms. The largest absolute Gasteiger partial charge is 0.419 e. The van der Waals surface area contributed by atoms with Crippen LogP contribution >= 0.6 is 0 Å². The fraction of sp³-hybridized carbons (Fsp3) is 0.333. The van der Waals surface area contributed by atoms with E-state index in [0.29, 0.717) is 24.2 Å². The van der Waals surface area contributed by atoms with Gasteiger partial charge in [0.15, 0.2) is 5.82 Å². The lowest BCUT2D eigenvalue weighted by Gasteiger charge is -2.33. The molecule has 11 heteroatoms. The Morgan fingerprint density at radius 2 is 1.97 bits per heavy atom. The van der Waals surface area contributed by atoms with Crippen LogP contribution in [0.1, 0.15) is 31.7 Å². The van der Waals surface area contributed by atoms with Crippen LogP contribution in [0.3, 0.4) is 0 Å². The fourth-order valence-electron chi connectivity index (χ4n) is 3.87. The average molecular weight is 446 g/mol. The molecule has 0 aliphatic carbocycles. The Kier molecular flexibility index (Phi) is 5.49. The molecule has 0 bridgehead atoms. The van der Waals surface area contributed by atoms with Gasteiger partial charge in [0, 0.05) is 37.0 Å². The lowest BCUT2D eigenvalue weighted by atomic mass is 10.0. The molecule has 4 heterocycles. The molecule has 0 unspecified atom stereocenters. The Bertz CT molecular complexity index is 1190. The smallest absolute Gasteiger partial charge is 0.383 e. The number of nitrogens with one attached hydrogen (secondary N) is 1. The van der Waals surface area contributed by atoms with Crippen molar-refractivity contribution in [1.82, 2.24) is 19.3 Å². The monoisotopic (exact) mass is 446 g/mol. The first-order valence-corrected chi connectivity index (χ1v) is 10.0. The van der Waals surface area contributed by atoms with E-state index in [1.54, 1.807) is 33.8 Å². The molecular formula is C21H21F3N6O2. The third-order valence-electron chi connectivity index (χ3n) is 5.47. The summed E-state index contributed by atoms with van der Waals surface area (Å²) >= 11 is 0. The van der Waals surface area contributed by atoms with Crippen LogP contribution in [-0.4, -0.2) is 43.7 Å². The topological polar surface area (TPSA) is 106 Å². The minimum Gasteiger partial charge on any atom is -0.383 e. The number of amides is 2. The Morgan fingerprint density at radius 1 is 1.19 bits per heavy atom. The lowest BCUT2D eigenvalue weighted by Crippen LogP contribution is -2.49. The molecule has 168 valence electrons. The maximum Gasteiger partial charge on any atom is 0.419 e. The number of alkyl halides is 3. The predicted octanol–water partition coefficient (Wildman–Crippen LogP) is 3.34. The number of imidazole rings is 1. The van der Waals surface area contributed by atoms with Crippen molar-refractivity contribution in [3.8, 4) is 11.1 Å². The number of pyridine rings is 2. The normalized spacial score (nSPS) is 16.9. The van der Waals surface area contributed by atoms with Crippen molar-refractivity contribution in [2.24, 2.45) is 0 Å². The first-order chi connectivity index (χ1) is 15.1. The summed E-state index contributed by atoms with van der Waals surface area (Å²) in [4.78, 5) is 34.1. The Labute approximate surface area is 181 Å². The highest BCUT2D eigenvalue weighted by molar-refractivity contribution is 5.96. The molecule has 3 N–H and O–H groups in total. The maximum absolute atomic E-state index is 13.2. The highest BCUT2D eigenvalue weighted by atomic mass is 19.4. The zero-order valence-corrected chi connectivity index (χ0v) is 17.2. The van der Waals surface area contributed by atoms with Gasteiger partial charge in [-0.1, -0.05) is 0 Å². The quantitative estimate of drug-likeness (QED) is 0.642. The third kappa shape index (κ3) is 4.23. The Balaban J connectivity index is 1.59. The van der Waals surface area contributed by atoms with E-state index < -0.39 is 23.6 Å². The SMILES string of the molecule is CC(=O)N1CCCC[C@@H]1C(=O)Nc1cn2cc(-c3cnc(N)c(C(F)(F)F)c3)ccc2n1. The number of nitrogen functional groups attached to an aromatic ring is 1. The molecule has 2 amide bonds. The highest BCUT2D eigenvalue weighted by Gasteiger charge is 2.34. The molecule has 1 aliphatic rings. The summed E-state index contributed by atoms with van der Waals surface area (Å²) < 4.78 is 41.1. The van der Waals surface area contributed by atoms with Gasteiger partial charge in [0.1, 0.15) is 17.5 Å². The molecule has 0 saturated carbocycles. The molecule has 8 nitrogen and oxygen atoms in total. The summed E-state index contributed by atoms with van der Waals surface area (Å²) in [6, 6.07) is 3.63. The van der Waals surface area contributed by atoms with Gasteiger partial charge in [-0.15, -0.1) is 0 Å². The van der Waals surface area contributed by atoms with Crippen LogP contribution in [0.15, 0.2) is 36.8 Å². The molecule has 4 rings (SSSR count). The number of halogens is 3. The summed E-state index contributed by atoms with van der Waals surface area (Å²) in [6.45, 7) is 1.98. The summed E-state index contributed by atoms with van der Waals surface area (Å²) in [6.07, 6.45) is 2.10. The fourth-order valence-corrected chi connectivity index (χ4v) is 3.87. The van der Waals surface area contributed by atoms with Gasteiger partial charge >= 0.3 is 6.18 Å². The van der Waals surface area contributed by atoms with Gasteiger partial charge in [-0.05, 0) is 37.5 Å². The van der Waals surface area contributed by atoms with Crippen LogP contribution in [0.4, 0.5) is 24.8 Å². The van der Waals surface area contributed by atoms with Crippen LogP contribution in [0.25, 0.3) is 16.8 Å². The zero-order chi connectivity index (χ0) is 23.0. The number of rotatable bonds is 3. The van der Waals surface area contributed by atoms with E-state index in [2.05, 4.69) is 15.3 Å². The van der Waals surface area contributed by atoms with Gasteiger partial charge in [0.2, 0.25) is 11.8 Å². The number of hydrogen-bond donors (Lipinski definition) is 2. The van der Waals surface area contributed by atoms with E-state index in [9.17, 15) is 22.8 Å². The number of likely N-dealkylation sites (tertiary alicyclic amines) is 1. The second-order valence-corrected chi connectivity index (χ2v) is 7.68. The van der Waals surface area contributed by atoms with E-state index >= 15 is 0 Å². The van der Waals surface area contributed by atoms with Crippen molar-refractivity contribution < 1.29 is 22.8 Å². The van der Waals surface area contributed by atoms with Gasteiger partial charge in [0.25, 0.3) is 0 Å². The summed E-state index contributed by atoms with van der Waals surface area (Å²) in [5.74, 6) is -0.772. The van der Waals surface area contributed by atoms with Crippen LogP contribution in [0, 0.1) is 0 Å². The van der Waals surface area contributed by atoms with E-state index in [-0.39, 0.29) is 23.2 Å². The van der Waals surface area contributed by atoms with Crippen molar-refractivity contribution in [2.75, 3.05) is 17.6 Å². The minimum atomic E-state index is -4.61. The van der Waals surface area contributed by atoms with E-state index in [4.69, 9.17) is 5.73 Å². The molecule has 3 aromatic rings. The average Bonchev–Trinajstić information content (AvgIpc) is 3.14. The number of nitrogens with two attached hydrogens (primary N) is 1. The Morgan fingerprint density at radius 3 is 2.69 bits per heavy atom. The number of carbonyl (C=O) groups excluding carboxylic acids is 2. The first-order valence-electron chi connectivity index (χ1n) is 10.0. The van der Waals surface area contributed by atoms with Crippen molar-refractivity contribution in [1.29, 1.82) is 0 Å². The second-order valence-electron chi connectivity index (χ2n) is 7.68. The molecule has 0 aromatic carbocycles. The molecule has 1 fully saturated rings. The number of hydrogen-bond acceptors (Lipinski definition) is 5. The second kappa shape index (κ2) is 8.13. The number of nitrogens with zero attached hydrogens (tertiary/aromatic N) is 4. The predicted molar refractivity (Wildman–Crippen MR) is 111 cm³/mol. The van der Waals surface area contributed by atoms with Crippen LogP contribution in [0.5, 0.6) is 0 Å². The number of piperidine rings is 1. The van der Waals surface area contributed by atoms with Gasteiger partial charge in [-0.2, -0.15) is 13.2 Å². The van der Waals surface area contributed by atoms with Gasteiger partial charge in [-0.25, -0.2) is 9.97 Å². The lowest BCUT2D eigenvalue weighted by molar-refractivity contribution is -0.138. The van der Waals surface area contributed by atoms with Crippen LogP contribution < -0.4 is 11.1 Å². The number of carbonyl (C=O) groups is 2. The molecule has 0 radical (unpaired) electrons. The van der Waals surface area contributed by atoms with Gasteiger partial charge < -0.3 is 20.4 Å². The Hall–Kier alpha value is -3.63. The van der Waals surface area contributed by atoms with Gasteiger partial charge in [-0.3, -0.25) is 9.59 Å². The summed E-state index contributed by atoms with van der Waals surface area (Å²) in [5, 5.41) is 2.74. The molecule has 0 spiro atoms. The van der Waals surface area contributed by atoms with Crippen molar-refractivity contribution in [3.05, 3.63) is 42.4 Å². The molecular weight excluding hydrogens is 425 g/mol. The molecule has 1 atom stereocenters. The molecule has 1 saturated heterocycles. The number of anilines is 2. The van der Waals surface area contributed by atoms with Crippen molar-refractivity contribution in [2.45, 2.75) is 38.4 Å². The van der Waals surface area contributed by atoms with E-state index in [1.165, 1.54) is 13.1 Å². The summed E-state index contributed by atoms with van der Waals surface area (Å²) in [7, 11) is 0. The van der Waals surface area contributed by atoms with Crippen LogP contribution in [0.2, 0.25) is 0 Å². The maximum atomic E-state index is 13.2. The highest BCUT2D eigenvalue weighted by Crippen LogP contribution is 2.35. The zero-order valence-electron chi connectivity index (χ0n) is 17.2. The number of fused-ring (bicyclic) bond motifs is 1. The minimum absolute atomic E-state index is 0.153. The standard InChI is InChI=1S/C21H21F3N6O2/c1-12(31)30-7-3-2-4-16(30)20(32)28-17-11-29-10-13(5-6-18(29)27-17)14-8-15(21(22,23)24)19(25)26-9-14/h5-6,8-11,16H,2-4,7H2,1H3,(H2,25,26)(H,28,32)/t16-/m1/s1. The summed E-state index contributed by atoms with van der Waals surface area (Å²) in [5.41, 5.74) is 5.58. The first kappa shape index (κ1) is 21.6. The van der Waals surface area contributed by atoms with E-state index in [0.717, 1.165) is 18.9 Å².